The molecule has 1 unspecified atom stereocenters. The summed E-state index contributed by atoms with van der Waals surface area (Å²) in [6.45, 7) is 7.44. The van der Waals surface area contributed by atoms with Gasteiger partial charge >= 0.3 is 12.1 Å². The quantitative estimate of drug-likeness (QED) is 0.639. The minimum atomic E-state index is -4.53. The number of carbonyl (C=O) groups excluding carboxylic acids is 1. The first-order valence-electron chi connectivity index (χ1n) is 10.3. The van der Waals surface area contributed by atoms with E-state index in [9.17, 15) is 18.0 Å². The molecule has 1 aromatic heterocycles. The van der Waals surface area contributed by atoms with Gasteiger partial charge in [0.2, 0.25) is 0 Å². The van der Waals surface area contributed by atoms with E-state index in [1.54, 1.807) is 49.1 Å². The Morgan fingerprint density at radius 3 is 2.32 bits per heavy atom. The van der Waals surface area contributed by atoms with Crippen LogP contribution >= 0.6 is 0 Å². The van der Waals surface area contributed by atoms with Gasteiger partial charge in [0.1, 0.15) is 11.2 Å². The highest BCUT2D eigenvalue weighted by atomic mass is 19.4. The summed E-state index contributed by atoms with van der Waals surface area (Å²) in [5.41, 5.74) is 3.83. The SMILES string of the molecule is CC(C)OC(=O)[C@@](N)(CC(C)(C)C(F)(F)F)c1ccc(-c2cnn(C3C[C@H]3C)n2)cc1. The third-order valence-corrected chi connectivity index (χ3v) is 5.76. The van der Waals surface area contributed by atoms with Gasteiger partial charge < -0.3 is 10.5 Å². The lowest BCUT2D eigenvalue weighted by molar-refractivity contribution is -0.220. The zero-order valence-electron chi connectivity index (χ0n) is 18.4. The molecule has 0 saturated heterocycles. The Morgan fingerprint density at radius 1 is 1.26 bits per heavy atom. The van der Waals surface area contributed by atoms with Crippen LogP contribution in [0.2, 0.25) is 0 Å². The van der Waals surface area contributed by atoms with Crippen LogP contribution in [-0.2, 0) is 15.1 Å². The van der Waals surface area contributed by atoms with Crippen LogP contribution < -0.4 is 5.73 Å². The second-order valence-corrected chi connectivity index (χ2v) is 9.39. The van der Waals surface area contributed by atoms with E-state index in [2.05, 4.69) is 17.1 Å². The Bertz CT molecular complexity index is 937. The third kappa shape index (κ3) is 4.76. The largest absolute Gasteiger partial charge is 0.461 e. The van der Waals surface area contributed by atoms with E-state index in [0.717, 1.165) is 25.8 Å². The van der Waals surface area contributed by atoms with Crippen molar-refractivity contribution in [2.24, 2.45) is 17.1 Å². The van der Waals surface area contributed by atoms with Crippen molar-refractivity contribution in [2.45, 2.75) is 71.3 Å². The molecule has 1 fully saturated rings. The van der Waals surface area contributed by atoms with Gasteiger partial charge in [0.25, 0.3) is 0 Å². The molecule has 3 atom stereocenters. The first-order valence-corrected chi connectivity index (χ1v) is 10.3. The fourth-order valence-corrected chi connectivity index (χ4v) is 3.54. The molecular weight excluding hydrogens is 409 g/mol. The highest BCUT2D eigenvalue weighted by molar-refractivity contribution is 5.83. The van der Waals surface area contributed by atoms with E-state index in [-0.39, 0.29) is 5.56 Å². The minimum absolute atomic E-state index is 0.252. The molecule has 1 aromatic carbocycles. The molecule has 0 spiro atoms. The lowest BCUT2D eigenvalue weighted by Gasteiger charge is -2.37. The van der Waals surface area contributed by atoms with E-state index < -0.39 is 35.6 Å². The summed E-state index contributed by atoms with van der Waals surface area (Å²) >= 11 is 0. The van der Waals surface area contributed by atoms with Crippen LogP contribution in [0.4, 0.5) is 13.2 Å². The van der Waals surface area contributed by atoms with E-state index in [1.165, 1.54) is 0 Å². The normalized spacial score (nSPS) is 21.1. The van der Waals surface area contributed by atoms with Crippen molar-refractivity contribution in [1.82, 2.24) is 15.0 Å². The number of rotatable bonds is 7. The Hall–Kier alpha value is -2.42. The van der Waals surface area contributed by atoms with Crippen molar-refractivity contribution >= 4 is 5.97 Å². The van der Waals surface area contributed by atoms with Crippen LogP contribution in [0.5, 0.6) is 0 Å². The number of benzene rings is 1. The molecule has 6 nitrogen and oxygen atoms in total. The summed E-state index contributed by atoms with van der Waals surface area (Å²) < 4.78 is 45.9. The van der Waals surface area contributed by atoms with Crippen LogP contribution in [-0.4, -0.2) is 33.2 Å². The number of nitrogens with zero attached hydrogens (tertiary/aromatic N) is 3. The van der Waals surface area contributed by atoms with Crippen molar-refractivity contribution in [2.75, 3.05) is 0 Å². The van der Waals surface area contributed by atoms with Gasteiger partial charge in [0, 0.05) is 5.56 Å². The number of hydrogen-bond donors (Lipinski definition) is 1. The molecule has 2 aromatic rings. The average molecular weight is 438 g/mol. The predicted octanol–water partition coefficient (Wildman–Crippen LogP) is 4.61. The summed E-state index contributed by atoms with van der Waals surface area (Å²) in [6.07, 6.45) is -3.01. The van der Waals surface area contributed by atoms with Gasteiger partial charge in [0.15, 0.2) is 0 Å². The van der Waals surface area contributed by atoms with Crippen molar-refractivity contribution in [1.29, 1.82) is 0 Å². The second-order valence-electron chi connectivity index (χ2n) is 9.39. The number of hydrogen-bond acceptors (Lipinski definition) is 5. The lowest BCUT2D eigenvalue weighted by Crippen LogP contribution is -2.52. The zero-order chi connectivity index (χ0) is 23.2. The molecule has 1 aliphatic carbocycles. The molecule has 170 valence electrons. The van der Waals surface area contributed by atoms with E-state index >= 15 is 0 Å². The zero-order valence-corrected chi connectivity index (χ0v) is 18.4. The van der Waals surface area contributed by atoms with Crippen LogP contribution in [0.3, 0.4) is 0 Å². The lowest BCUT2D eigenvalue weighted by atomic mass is 9.74. The Kier molecular flexibility index (Phi) is 5.94. The molecule has 31 heavy (non-hydrogen) atoms. The molecule has 0 amide bonds. The average Bonchev–Trinajstić information content (AvgIpc) is 3.18. The van der Waals surface area contributed by atoms with Gasteiger partial charge in [-0.15, -0.1) is 0 Å². The molecule has 9 heteroatoms. The highest BCUT2D eigenvalue weighted by Crippen LogP contribution is 2.46. The first-order chi connectivity index (χ1) is 14.2. The molecule has 0 aliphatic heterocycles. The van der Waals surface area contributed by atoms with Gasteiger partial charge in [-0.1, -0.05) is 45.0 Å². The molecule has 3 rings (SSSR count). The summed E-state index contributed by atoms with van der Waals surface area (Å²) in [6, 6.07) is 6.79. The second kappa shape index (κ2) is 7.93. The van der Waals surface area contributed by atoms with Gasteiger partial charge in [-0.05, 0) is 38.2 Å². The first kappa shape index (κ1) is 23.2. The number of aromatic nitrogens is 3. The number of carbonyl (C=O) groups is 1. The Balaban J connectivity index is 1.91. The van der Waals surface area contributed by atoms with Crippen LogP contribution in [0.25, 0.3) is 11.3 Å². The molecule has 0 radical (unpaired) electrons. The van der Waals surface area contributed by atoms with Crippen molar-refractivity contribution in [3.8, 4) is 11.3 Å². The van der Waals surface area contributed by atoms with E-state index in [0.29, 0.717) is 17.7 Å². The molecule has 1 heterocycles. The number of nitrogens with two attached hydrogens (primary N) is 1. The molecule has 1 saturated carbocycles. The fourth-order valence-electron chi connectivity index (χ4n) is 3.54. The highest BCUT2D eigenvalue weighted by Gasteiger charge is 2.54. The maximum atomic E-state index is 13.6. The van der Waals surface area contributed by atoms with E-state index in [1.807, 2.05) is 0 Å². The number of halogens is 3. The number of alkyl halides is 3. The molecular formula is C22H29F3N4O2. The van der Waals surface area contributed by atoms with Crippen molar-refractivity contribution in [3.05, 3.63) is 36.0 Å². The van der Waals surface area contributed by atoms with Gasteiger partial charge in [-0.3, -0.25) is 0 Å². The minimum Gasteiger partial charge on any atom is -0.461 e. The molecule has 1 aliphatic rings. The summed E-state index contributed by atoms with van der Waals surface area (Å²) in [4.78, 5) is 14.5. The Labute approximate surface area is 179 Å². The summed E-state index contributed by atoms with van der Waals surface area (Å²) in [5.74, 6) is -0.342. The Morgan fingerprint density at radius 2 is 1.84 bits per heavy atom. The van der Waals surface area contributed by atoms with Crippen LogP contribution in [0.1, 0.15) is 59.1 Å². The summed E-state index contributed by atoms with van der Waals surface area (Å²) in [5, 5.41) is 8.78. The third-order valence-electron chi connectivity index (χ3n) is 5.76. The van der Waals surface area contributed by atoms with Gasteiger partial charge in [-0.25, -0.2) is 4.79 Å². The topological polar surface area (TPSA) is 83.0 Å². The van der Waals surface area contributed by atoms with Crippen molar-refractivity contribution < 1.29 is 22.7 Å². The maximum Gasteiger partial charge on any atom is 0.394 e. The maximum absolute atomic E-state index is 13.6. The monoisotopic (exact) mass is 438 g/mol. The van der Waals surface area contributed by atoms with Crippen molar-refractivity contribution in [3.63, 3.8) is 0 Å². The predicted molar refractivity (Wildman–Crippen MR) is 110 cm³/mol. The summed E-state index contributed by atoms with van der Waals surface area (Å²) in [7, 11) is 0. The molecule has 2 N–H and O–H groups in total. The van der Waals surface area contributed by atoms with Crippen LogP contribution in [0, 0.1) is 11.3 Å². The van der Waals surface area contributed by atoms with Gasteiger partial charge in [-0.2, -0.15) is 28.2 Å². The van der Waals surface area contributed by atoms with Gasteiger partial charge in [0.05, 0.1) is 23.8 Å². The number of esters is 1. The van der Waals surface area contributed by atoms with Crippen LogP contribution in [0.15, 0.2) is 30.5 Å². The molecule has 0 bridgehead atoms. The standard InChI is InChI=1S/C22H29F3N4O2/c1-13(2)31-19(30)21(26,12-20(4,5)22(23,24)25)16-8-6-15(7-9-16)17-11-27-29(28-17)18-10-14(18)3/h6-9,11,13-14,18H,10,12,26H2,1-5H3/t14-,18?,21-/m1/s1. The van der Waals surface area contributed by atoms with E-state index in [4.69, 9.17) is 10.5 Å². The smallest absolute Gasteiger partial charge is 0.394 e. The fraction of sp³-hybridized carbons (Fsp3) is 0.591. The number of ether oxygens (including phenoxy) is 1.